The van der Waals surface area contributed by atoms with Gasteiger partial charge in [-0.3, -0.25) is 9.59 Å². The second kappa shape index (κ2) is 5.93. The van der Waals surface area contributed by atoms with Gasteiger partial charge in [-0.1, -0.05) is 17.7 Å². The van der Waals surface area contributed by atoms with Crippen molar-refractivity contribution in [2.24, 2.45) is 0 Å². The number of carboxylic acid groups (broad SMARTS) is 1. The van der Waals surface area contributed by atoms with Crippen molar-refractivity contribution < 1.29 is 19.4 Å². The molecule has 0 saturated heterocycles. The first kappa shape index (κ1) is 15.3. The molecule has 0 aliphatic rings. The van der Waals surface area contributed by atoms with Gasteiger partial charge in [0.25, 0.3) is 5.91 Å². The molecule has 0 bridgehead atoms. The topological polar surface area (TPSA) is 75.6 Å². The Hall–Kier alpha value is -1.75. The number of carboxylic acids is 1. The third-order valence-corrected chi connectivity index (χ3v) is 2.67. The Kier molecular flexibility index (Phi) is 4.78. The summed E-state index contributed by atoms with van der Waals surface area (Å²) in [6, 6.07) is 5.66. The van der Waals surface area contributed by atoms with Gasteiger partial charge < -0.3 is 15.2 Å². The van der Waals surface area contributed by atoms with Gasteiger partial charge in [-0.05, 0) is 39.0 Å². The molecule has 1 aromatic rings. The number of hydrogen-bond acceptors (Lipinski definition) is 3. The largest absolute Gasteiger partial charge is 0.480 e. The van der Waals surface area contributed by atoms with E-state index in [0.29, 0.717) is 10.8 Å². The molecule has 1 amide bonds. The van der Waals surface area contributed by atoms with Gasteiger partial charge in [0.2, 0.25) is 0 Å². The molecule has 0 saturated carbocycles. The van der Waals surface area contributed by atoms with Gasteiger partial charge in [0.05, 0.1) is 0 Å². The van der Waals surface area contributed by atoms with Crippen molar-refractivity contribution in [1.29, 1.82) is 0 Å². The number of rotatable bonds is 5. The lowest BCUT2D eigenvalue weighted by Gasteiger charge is -2.26. The molecular weight excluding hydrogens is 270 g/mol. The average molecular weight is 286 g/mol. The van der Waals surface area contributed by atoms with E-state index in [-0.39, 0.29) is 0 Å². The van der Waals surface area contributed by atoms with E-state index in [1.54, 1.807) is 38.1 Å². The van der Waals surface area contributed by atoms with E-state index >= 15 is 0 Å². The fourth-order valence-electron chi connectivity index (χ4n) is 1.30. The first-order valence-corrected chi connectivity index (χ1v) is 6.08. The summed E-state index contributed by atoms with van der Waals surface area (Å²) in [7, 11) is 0. The molecule has 2 N–H and O–H groups in total. The average Bonchev–Trinajstić information content (AvgIpc) is 2.27. The van der Waals surface area contributed by atoms with Crippen LogP contribution in [0.4, 0.5) is 0 Å². The molecule has 5 nitrogen and oxygen atoms in total. The molecule has 0 radical (unpaired) electrons. The lowest BCUT2D eigenvalue weighted by molar-refractivity contribution is -0.144. The SMILES string of the molecule is C[C@@H](NC(=O)C(C)(C)Oc1cccc(Cl)c1)C(=O)O. The summed E-state index contributed by atoms with van der Waals surface area (Å²) in [5.41, 5.74) is -1.20. The second-order valence-corrected chi connectivity index (χ2v) is 5.04. The number of amides is 1. The van der Waals surface area contributed by atoms with Gasteiger partial charge in [-0.2, -0.15) is 0 Å². The molecule has 1 rings (SSSR count). The van der Waals surface area contributed by atoms with E-state index in [4.69, 9.17) is 21.4 Å². The van der Waals surface area contributed by atoms with Gasteiger partial charge in [-0.25, -0.2) is 0 Å². The summed E-state index contributed by atoms with van der Waals surface area (Å²) in [6.07, 6.45) is 0. The number of ether oxygens (including phenoxy) is 1. The van der Waals surface area contributed by atoms with Crippen LogP contribution in [-0.4, -0.2) is 28.6 Å². The minimum Gasteiger partial charge on any atom is -0.480 e. The maximum Gasteiger partial charge on any atom is 0.325 e. The van der Waals surface area contributed by atoms with E-state index in [0.717, 1.165) is 0 Å². The number of carbonyl (C=O) groups is 2. The molecular formula is C13H16ClNO4. The van der Waals surface area contributed by atoms with E-state index < -0.39 is 23.5 Å². The standard InChI is InChI=1S/C13H16ClNO4/c1-8(11(16)17)15-12(18)13(2,3)19-10-6-4-5-9(14)7-10/h4-8H,1-3H3,(H,15,18)(H,16,17)/t8-/m1/s1. The monoisotopic (exact) mass is 285 g/mol. The predicted molar refractivity (Wildman–Crippen MR) is 71.4 cm³/mol. The van der Waals surface area contributed by atoms with E-state index in [1.807, 2.05) is 0 Å². The summed E-state index contributed by atoms with van der Waals surface area (Å²) in [5.74, 6) is -1.18. The fraction of sp³-hybridized carbons (Fsp3) is 0.385. The van der Waals surface area contributed by atoms with Gasteiger partial charge in [0.15, 0.2) is 5.60 Å². The number of benzene rings is 1. The van der Waals surface area contributed by atoms with Crippen molar-refractivity contribution in [3.8, 4) is 5.75 Å². The van der Waals surface area contributed by atoms with Crippen molar-refractivity contribution in [3.63, 3.8) is 0 Å². The zero-order chi connectivity index (χ0) is 14.6. The van der Waals surface area contributed by atoms with Crippen molar-refractivity contribution in [3.05, 3.63) is 29.3 Å². The molecule has 0 aromatic heterocycles. The van der Waals surface area contributed by atoms with Crippen LogP contribution in [0.2, 0.25) is 5.02 Å². The molecule has 6 heteroatoms. The van der Waals surface area contributed by atoms with Crippen molar-refractivity contribution in [2.45, 2.75) is 32.4 Å². The van der Waals surface area contributed by atoms with E-state index in [9.17, 15) is 9.59 Å². The van der Waals surface area contributed by atoms with Crippen LogP contribution in [0.15, 0.2) is 24.3 Å². The highest BCUT2D eigenvalue weighted by Gasteiger charge is 2.32. The molecule has 1 atom stereocenters. The molecule has 0 unspecified atom stereocenters. The molecule has 0 aliphatic carbocycles. The van der Waals surface area contributed by atoms with E-state index in [2.05, 4.69) is 5.32 Å². The summed E-state index contributed by atoms with van der Waals surface area (Å²) in [6.45, 7) is 4.49. The predicted octanol–water partition coefficient (Wildman–Crippen LogP) is 2.09. The Morgan fingerprint density at radius 2 is 2.05 bits per heavy atom. The Labute approximate surface area is 116 Å². The normalized spacial score (nSPS) is 12.6. The third kappa shape index (κ3) is 4.44. The van der Waals surface area contributed by atoms with Crippen LogP contribution >= 0.6 is 11.6 Å². The Morgan fingerprint density at radius 3 is 2.58 bits per heavy atom. The van der Waals surface area contributed by atoms with Crippen LogP contribution in [0.1, 0.15) is 20.8 Å². The number of halogens is 1. The maximum atomic E-state index is 11.9. The van der Waals surface area contributed by atoms with Crippen molar-refractivity contribution in [1.82, 2.24) is 5.32 Å². The van der Waals surface area contributed by atoms with Gasteiger partial charge in [0, 0.05) is 5.02 Å². The van der Waals surface area contributed by atoms with Crippen molar-refractivity contribution >= 4 is 23.5 Å². The number of hydrogen-bond donors (Lipinski definition) is 2. The zero-order valence-electron chi connectivity index (χ0n) is 10.9. The minimum absolute atomic E-state index is 0.440. The zero-order valence-corrected chi connectivity index (χ0v) is 11.7. The quantitative estimate of drug-likeness (QED) is 0.868. The first-order chi connectivity index (χ1) is 8.72. The lowest BCUT2D eigenvalue weighted by Crippen LogP contribution is -2.51. The lowest BCUT2D eigenvalue weighted by atomic mass is 10.1. The summed E-state index contributed by atoms with van der Waals surface area (Å²) in [4.78, 5) is 22.6. The maximum absolute atomic E-state index is 11.9. The highest BCUT2D eigenvalue weighted by atomic mass is 35.5. The van der Waals surface area contributed by atoms with Gasteiger partial charge in [-0.15, -0.1) is 0 Å². The second-order valence-electron chi connectivity index (χ2n) is 4.60. The van der Waals surface area contributed by atoms with Crippen LogP contribution in [-0.2, 0) is 9.59 Å². The Morgan fingerprint density at radius 1 is 1.42 bits per heavy atom. The number of nitrogens with one attached hydrogen (secondary N) is 1. The van der Waals surface area contributed by atoms with Gasteiger partial charge >= 0.3 is 5.97 Å². The molecule has 0 spiro atoms. The van der Waals surface area contributed by atoms with Gasteiger partial charge in [0.1, 0.15) is 11.8 Å². The summed E-state index contributed by atoms with van der Waals surface area (Å²) >= 11 is 5.82. The van der Waals surface area contributed by atoms with Crippen LogP contribution in [0, 0.1) is 0 Å². The molecule has 104 valence electrons. The van der Waals surface area contributed by atoms with Crippen molar-refractivity contribution in [2.75, 3.05) is 0 Å². The fourth-order valence-corrected chi connectivity index (χ4v) is 1.48. The number of aliphatic carboxylic acids is 1. The minimum atomic E-state index is -1.20. The molecule has 0 aliphatic heterocycles. The Balaban J connectivity index is 2.75. The molecule has 19 heavy (non-hydrogen) atoms. The van der Waals surface area contributed by atoms with E-state index in [1.165, 1.54) is 6.92 Å². The molecule has 0 heterocycles. The molecule has 0 fully saturated rings. The third-order valence-electron chi connectivity index (χ3n) is 2.43. The van der Waals surface area contributed by atoms with Crippen LogP contribution < -0.4 is 10.1 Å². The Bertz CT molecular complexity index is 487. The molecule has 1 aromatic carbocycles. The highest BCUT2D eigenvalue weighted by molar-refractivity contribution is 6.30. The van der Waals surface area contributed by atoms with Crippen LogP contribution in [0.25, 0.3) is 0 Å². The highest BCUT2D eigenvalue weighted by Crippen LogP contribution is 2.22. The van der Waals surface area contributed by atoms with Crippen LogP contribution in [0.3, 0.4) is 0 Å². The smallest absolute Gasteiger partial charge is 0.325 e. The first-order valence-electron chi connectivity index (χ1n) is 5.71. The summed E-state index contributed by atoms with van der Waals surface area (Å²) < 4.78 is 5.54. The summed E-state index contributed by atoms with van der Waals surface area (Å²) in [5, 5.41) is 11.6. The number of carbonyl (C=O) groups excluding carboxylic acids is 1. The van der Waals surface area contributed by atoms with Crippen LogP contribution in [0.5, 0.6) is 5.75 Å².